The summed E-state index contributed by atoms with van der Waals surface area (Å²) in [6.45, 7) is 0.720. The van der Waals surface area contributed by atoms with Crippen LogP contribution in [0.1, 0.15) is 12.8 Å². The number of nitrogens with two attached hydrogens (primary N) is 1. The summed E-state index contributed by atoms with van der Waals surface area (Å²) >= 11 is 0. The van der Waals surface area contributed by atoms with Gasteiger partial charge in [0.1, 0.15) is 0 Å². The van der Waals surface area contributed by atoms with Crippen LogP contribution in [-0.2, 0) is 4.79 Å². The number of quaternary nitrogens is 1. The fourth-order valence-electron chi connectivity index (χ4n) is 1.20. The molecule has 4 nitrogen and oxygen atoms in total. The first-order chi connectivity index (χ1) is 4.70. The predicted octanol–water partition coefficient (Wildman–Crippen LogP) is -1.84. The fourth-order valence-corrected chi connectivity index (χ4v) is 1.20. The van der Waals surface area contributed by atoms with Gasteiger partial charge >= 0.3 is 5.97 Å². The van der Waals surface area contributed by atoms with E-state index in [1.54, 1.807) is 5.32 Å². The Hall–Kier alpha value is -0.610. The highest BCUT2D eigenvalue weighted by molar-refractivity contribution is 5.71. The monoisotopic (exact) mass is 146 g/mol. The van der Waals surface area contributed by atoms with Crippen molar-refractivity contribution in [2.45, 2.75) is 25.0 Å². The van der Waals surface area contributed by atoms with Gasteiger partial charge in [0.05, 0.1) is 12.6 Å². The van der Waals surface area contributed by atoms with E-state index in [1.165, 1.54) is 0 Å². The van der Waals surface area contributed by atoms with E-state index in [1.807, 2.05) is 0 Å². The first kappa shape index (κ1) is 7.50. The average Bonchev–Trinajstić information content (AvgIpc) is 1.88. The molecule has 0 bridgehead atoms. The minimum absolute atomic E-state index is 0.384. The van der Waals surface area contributed by atoms with E-state index in [4.69, 9.17) is 10.2 Å². The van der Waals surface area contributed by atoms with E-state index in [0.29, 0.717) is 12.8 Å². The zero-order chi connectivity index (χ0) is 7.56. The number of aliphatic hydroxyl groups is 1. The van der Waals surface area contributed by atoms with Gasteiger partial charge in [-0.3, -0.25) is 0 Å². The summed E-state index contributed by atoms with van der Waals surface area (Å²) in [7, 11) is 0. The SMILES string of the molecule is O=C(O)[C@@H]1C[C@H](O)CC[NH2+]1. The summed E-state index contributed by atoms with van der Waals surface area (Å²) < 4.78 is 0. The molecule has 4 N–H and O–H groups in total. The molecule has 4 heteroatoms. The predicted molar refractivity (Wildman–Crippen MR) is 33.5 cm³/mol. The van der Waals surface area contributed by atoms with Crippen LogP contribution in [0.3, 0.4) is 0 Å². The zero-order valence-corrected chi connectivity index (χ0v) is 5.66. The molecule has 10 heavy (non-hydrogen) atoms. The summed E-state index contributed by atoms with van der Waals surface area (Å²) in [6.07, 6.45) is 0.685. The molecule has 0 aliphatic carbocycles. The maximum atomic E-state index is 10.4. The highest BCUT2D eigenvalue weighted by Crippen LogP contribution is 2.02. The highest BCUT2D eigenvalue weighted by Gasteiger charge is 2.28. The quantitative estimate of drug-likeness (QED) is 0.407. The second-order valence-electron chi connectivity index (χ2n) is 2.65. The Labute approximate surface area is 58.9 Å². The molecule has 58 valence electrons. The molecule has 1 aliphatic rings. The van der Waals surface area contributed by atoms with Gasteiger partial charge in [0.15, 0.2) is 6.04 Å². The number of piperidine rings is 1. The van der Waals surface area contributed by atoms with Gasteiger partial charge in [0.25, 0.3) is 0 Å². The van der Waals surface area contributed by atoms with Gasteiger partial charge in [-0.15, -0.1) is 0 Å². The van der Waals surface area contributed by atoms with Crippen LogP contribution in [0.5, 0.6) is 0 Å². The number of carbonyl (C=O) groups is 1. The van der Waals surface area contributed by atoms with Crippen molar-refractivity contribution in [1.29, 1.82) is 0 Å². The number of aliphatic carboxylic acids is 1. The van der Waals surface area contributed by atoms with E-state index in [0.717, 1.165) is 6.54 Å². The van der Waals surface area contributed by atoms with Gasteiger partial charge < -0.3 is 15.5 Å². The third-order valence-electron chi connectivity index (χ3n) is 1.79. The van der Waals surface area contributed by atoms with Crippen LogP contribution in [0.25, 0.3) is 0 Å². The first-order valence-electron chi connectivity index (χ1n) is 3.44. The average molecular weight is 146 g/mol. The van der Waals surface area contributed by atoms with Crippen molar-refractivity contribution in [3.05, 3.63) is 0 Å². The van der Waals surface area contributed by atoms with Crippen LogP contribution >= 0.6 is 0 Å². The van der Waals surface area contributed by atoms with Gasteiger partial charge in [-0.05, 0) is 0 Å². The number of hydrogen-bond donors (Lipinski definition) is 3. The lowest BCUT2D eigenvalue weighted by molar-refractivity contribution is -0.688. The van der Waals surface area contributed by atoms with Crippen LogP contribution in [-0.4, -0.2) is 34.9 Å². The molecule has 1 saturated heterocycles. The van der Waals surface area contributed by atoms with Crippen molar-refractivity contribution < 1.29 is 20.3 Å². The van der Waals surface area contributed by atoms with Crippen LogP contribution in [0.15, 0.2) is 0 Å². The van der Waals surface area contributed by atoms with Gasteiger partial charge in [0.2, 0.25) is 0 Å². The molecule has 0 aromatic rings. The Morgan fingerprint density at radius 1 is 1.60 bits per heavy atom. The summed E-state index contributed by atoms with van der Waals surface area (Å²) in [6, 6.07) is -0.427. The van der Waals surface area contributed by atoms with E-state index < -0.39 is 18.1 Å². The molecule has 0 radical (unpaired) electrons. The first-order valence-corrected chi connectivity index (χ1v) is 3.44. The third-order valence-corrected chi connectivity index (χ3v) is 1.79. The Morgan fingerprint density at radius 2 is 2.30 bits per heavy atom. The third kappa shape index (κ3) is 1.68. The summed E-state index contributed by atoms with van der Waals surface area (Å²) in [5.74, 6) is -0.821. The van der Waals surface area contributed by atoms with E-state index in [9.17, 15) is 4.79 Å². The number of hydrogen-bond acceptors (Lipinski definition) is 2. The molecule has 2 atom stereocenters. The van der Waals surface area contributed by atoms with Gasteiger partial charge in [0, 0.05) is 12.8 Å². The lowest BCUT2D eigenvalue weighted by Gasteiger charge is -2.20. The summed E-state index contributed by atoms with van der Waals surface area (Å²) in [4.78, 5) is 10.4. The van der Waals surface area contributed by atoms with Crippen molar-refractivity contribution in [3.63, 3.8) is 0 Å². The number of carboxylic acids is 1. The maximum Gasteiger partial charge on any atom is 0.362 e. The molecular formula is C6H12NO3+. The maximum absolute atomic E-state index is 10.4. The van der Waals surface area contributed by atoms with E-state index >= 15 is 0 Å². The molecule has 1 aliphatic heterocycles. The number of aliphatic hydroxyl groups excluding tert-OH is 1. The largest absolute Gasteiger partial charge is 0.477 e. The van der Waals surface area contributed by atoms with Gasteiger partial charge in [-0.2, -0.15) is 0 Å². The molecule has 0 amide bonds. The van der Waals surface area contributed by atoms with Crippen LogP contribution < -0.4 is 5.32 Å². The van der Waals surface area contributed by atoms with E-state index in [2.05, 4.69) is 0 Å². The van der Waals surface area contributed by atoms with Crippen molar-refractivity contribution in [3.8, 4) is 0 Å². The number of carboxylic acid groups (broad SMARTS) is 1. The lowest BCUT2D eigenvalue weighted by Crippen LogP contribution is -2.94. The standard InChI is InChI=1S/C6H11NO3/c8-4-1-2-7-5(3-4)6(9)10/h4-5,7-8H,1-3H2,(H,9,10)/p+1/t4-,5+/m1/s1. The minimum Gasteiger partial charge on any atom is -0.477 e. The van der Waals surface area contributed by atoms with Gasteiger partial charge in [-0.1, -0.05) is 0 Å². The molecule has 0 spiro atoms. The fraction of sp³-hybridized carbons (Fsp3) is 0.833. The molecule has 0 saturated carbocycles. The van der Waals surface area contributed by atoms with Gasteiger partial charge in [-0.25, -0.2) is 4.79 Å². The Bertz CT molecular complexity index is 137. The number of rotatable bonds is 1. The molecule has 1 fully saturated rings. The smallest absolute Gasteiger partial charge is 0.362 e. The molecule has 0 aromatic heterocycles. The normalized spacial score (nSPS) is 33.7. The second-order valence-corrected chi connectivity index (χ2v) is 2.65. The Morgan fingerprint density at radius 3 is 2.70 bits per heavy atom. The van der Waals surface area contributed by atoms with Crippen LogP contribution in [0.2, 0.25) is 0 Å². The van der Waals surface area contributed by atoms with Crippen LogP contribution in [0, 0.1) is 0 Å². The summed E-state index contributed by atoms with van der Waals surface area (Å²) in [5.41, 5.74) is 0. The Balaban J connectivity index is 2.39. The summed E-state index contributed by atoms with van der Waals surface area (Å²) in [5, 5.41) is 19.3. The minimum atomic E-state index is -0.821. The molecule has 0 unspecified atom stereocenters. The lowest BCUT2D eigenvalue weighted by atomic mass is 10.0. The zero-order valence-electron chi connectivity index (χ0n) is 5.66. The van der Waals surface area contributed by atoms with Crippen molar-refractivity contribution in [2.75, 3.05) is 6.54 Å². The Kier molecular flexibility index (Phi) is 2.24. The van der Waals surface area contributed by atoms with Crippen molar-refractivity contribution in [1.82, 2.24) is 0 Å². The highest BCUT2D eigenvalue weighted by atomic mass is 16.4. The molecule has 1 heterocycles. The second kappa shape index (κ2) is 2.98. The van der Waals surface area contributed by atoms with E-state index in [-0.39, 0.29) is 0 Å². The topological polar surface area (TPSA) is 74.1 Å². The molecular weight excluding hydrogens is 134 g/mol. The molecule has 0 aromatic carbocycles. The molecule has 1 rings (SSSR count). The van der Waals surface area contributed by atoms with Crippen molar-refractivity contribution in [2.24, 2.45) is 0 Å². The van der Waals surface area contributed by atoms with Crippen molar-refractivity contribution >= 4 is 5.97 Å². The van der Waals surface area contributed by atoms with Crippen LogP contribution in [0.4, 0.5) is 0 Å².